The predicted octanol–water partition coefficient (Wildman–Crippen LogP) is 3.60. The van der Waals surface area contributed by atoms with Gasteiger partial charge in [0.2, 0.25) is 11.9 Å². The zero-order valence-corrected chi connectivity index (χ0v) is 21.3. The largest absolute Gasteiger partial charge is 0.494 e. The summed E-state index contributed by atoms with van der Waals surface area (Å²) in [5.74, 6) is 1.26. The van der Waals surface area contributed by atoms with E-state index in [1.165, 1.54) is 6.08 Å². The number of benzene rings is 1. The number of carbonyl (C=O) groups excluding carboxylic acids is 1. The molecule has 1 fully saturated rings. The topological polar surface area (TPSA) is 104 Å². The molecule has 2 heterocycles. The fourth-order valence-corrected chi connectivity index (χ4v) is 3.83. The van der Waals surface area contributed by atoms with E-state index < -0.39 is 0 Å². The van der Waals surface area contributed by atoms with Gasteiger partial charge in [-0.15, -0.1) is 0 Å². The minimum absolute atomic E-state index is 0.314. The van der Waals surface area contributed by atoms with E-state index in [0.717, 1.165) is 44.8 Å². The van der Waals surface area contributed by atoms with Crippen LogP contribution in [0.1, 0.15) is 12.8 Å². The number of anilines is 5. The van der Waals surface area contributed by atoms with Crippen LogP contribution >= 0.6 is 11.6 Å². The molecule has 0 aliphatic carbocycles. The number of ether oxygens (including phenoxy) is 2. The zero-order valence-electron chi connectivity index (χ0n) is 20.6. The van der Waals surface area contributed by atoms with Crippen LogP contribution in [-0.4, -0.2) is 81.4 Å². The van der Waals surface area contributed by atoms with Gasteiger partial charge in [0.15, 0.2) is 5.82 Å². The van der Waals surface area contributed by atoms with Crippen LogP contribution in [0.4, 0.5) is 28.8 Å². The highest BCUT2D eigenvalue weighted by molar-refractivity contribution is 6.32. The second-order valence-corrected chi connectivity index (χ2v) is 8.73. The standard InChI is InChI=1S/C24H34ClN7O3/c1-5-22(33)28-19-14-20(21(34-4)15-18(19)26-8-6-9-31(2)3)29-24-27-16-17(25)23(30-24)32-10-7-12-35-13-11-32/h5,14-16,26H,1,6-13H2,2-4H3,(H,28,33)(H,27,29,30). The number of aromatic nitrogens is 2. The number of nitrogens with zero attached hydrogens (tertiary/aromatic N) is 4. The first-order valence-electron chi connectivity index (χ1n) is 11.6. The van der Waals surface area contributed by atoms with Gasteiger partial charge >= 0.3 is 0 Å². The van der Waals surface area contributed by atoms with Gasteiger partial charge in [-0.25, -0.2) is 4.98 Å². The van der Waals surface area contributed by atoms with E-state index in [1.54, 1.807) is 19.4 Å². The van der Waals surface area contributed by atoms with Crippen molar-refractivity contribution in [3.8, 4) is 5.75 Å². The van der Waals surface area contributed by atoms with E-state index in [9.17, 15) is 4.79 Å². The number of halogens is 1. The molecule has 1 amide bonds. The summed E-state index contributed by atoms with van der Waals surface area (Å²) in [5, 5.41) is 9.92. The fourth-order valence-electron chi connectivity index (χ4n) is 3.62. The molecule has 2 aromatic rings. The Labute approximate surface area is 211 Å². The molecule has 1 aliphatic heterocycles. The molecule has 11 heteroatoms. The lowest BCUT2D eigenvalue weighted by Crippen LogP contribution is -2.27. The van der Waals surface area contributed by atoms with Gasteiger partial charge in [-0.1, -0.05) is 18.2 Å². The molecule has 0 bridgehead atoms. The van der Waals surface area contributed by atoms with Crippen LogP contribution in [0.5, 0.6) is 5.75 Å². The van der Waals surface area contributed by atoms with Gasteiger partial charge in [-0.3, -0.25) is 4.79 Å². The van der Waals surface area contributed by atoms with E-state index in [4.69, 9.17) is 21.1 Å². The Morgan fingerprint density at radius 2 is 2.11 bits per heavy atom. The van der Waals surface area contributed by atoms with Crippen LogP contribution < -0.4 is 25.6 Å². The van der Waals surface area contributed by atoms with Crippen molar-refractivity contribution in [2.24, 2.45) is 0 Å². The Bertz CT molecular complexity index is 1010. The third-order valence-electron chi connectivity index (χ3n) is 5.37. The summed E-state index contributed by atoms with van der Waals surface area (Å²) in [7, 11) is 5.65. The Morgan fingerprint density at radius 1 is 1.29 bits per heavy atom. The van der Waals surface area contributed by atoms with E-state index >= 15 is 0 Å². The summed E-state index contributed by atoms with van der Waals surface area (Å²) in [5.41, 5.74) is 1.92. The number of nitrogens with one attached hydrogen (secondary N) is 3. The Hall–Kier alpha value is -3.08. The maximum Gasteiger partial charge on any atom is 0.247 e. The summed E-state index contributed by atoms with van der Waals surface area (Å²) in [6, 6.07) is 3.62. The van der Waals surface area contributed by atoms with E-state index in [-0.39, 0.29) is 5.91 Å². The van der Waals surface area contributed by atoms with Crippen LogP contribution in [0.15, 0.2) is 31.0 Å². The molecular weight excluding hydrogens is 470 g/mol. The fraction of sp³-hybridized carbons (Fsp3) is 0.458. The minimum atomic E-state index is -0.314. The average molecular weight is 504 g/mol. The number of amides is 1. The van der Waals surface area contributed by atoms with Gasteiger partial charge in [-0.2, -0.15) is 4.98 Å². The van der Waals surface area contributed by atoms with Crippen LogP contribution in [0.3, 0.4) is 0 Å². The van der Waals surface area contributed by atoms with Crippen molar-refractivity contribution >= 4 is 46.3 Å². The zero-order chi connectivity index (χ0) is 25.2. The van der Waals surface area contributed by atoms with Crippen molar-refractivity contribution in [3.63, 3.8) is 0 Å². The number of hydrogen-bond acceptors (Lipinski definition) is 9. The molecule has 0 radical (unpaired) electrons. The number of hydrogen-bond donors (Lipinski definition) is 3. The highest BCUT2D eigenvalue weighted by Gasteiger charge is 2.18. The summed E-state index contributed by atoms with van der Waals surface area (Å²) in [6.45, 7) is 8.05. The SMILES string of the molecule is C=CC(=O)Nc1cc(Nc2ncc(Cl)c(N3CCCOCC3)n2)c(OC)cc1NCCCN(C)C. The number of rotatable bonds is 11. The lowest BCUT2D eigenvalue weighted by Gasteiger charge is -2.22. The number of methoxy groups -OCH3 is 1. The summed E-state index contributed by atoms with van der Waals surface area (Å²) in [6.07, 6.45) is 4.64. The van der Waals surface area contributed by atoms with Crippen LogP contribution in [0.2, 0.25) is 5.02 Å². The molecule has 35 heavy (non-hydrogen) atoms. The Morgan fingerprint density at radius 3 is 2.86 bits per heavy atom. The van der Waals surface area contributed by atoms with Gasteiger partial charge in [0.05, 0.1) is 37.0 Å². The molecule has 1 aliphatic rings. The highest BCUT2D eigenvalue weighted by atomic mass is 35.5. The first-order valence-corrected chi connectivity index (χ1v) is 12.0. The van der Waals surface area contributed by atoms with E-state index in [0.29, 0.717) is 47.1 Å². The first kappa shape index (κ1) is 26.5. The maximum atomic E-state index is 12.1. The monoisotopic (exact) mass is 503 g/mol. The molecule has 1 aromatic heterocycles. The van der Waals surface area contributed by atoms with Gasteiger partial charge < -0.3 is 35.2 Å². The molecule has 0 unspecified atom stereocenters. The summed E-state index contributed by atoms with van der Waals surface area (Å²) in [4.78, 5) is 25.3. The van der Waals surface area contributed by atoms with Gasteiger partial charge in [0, 0.05) is 32.3 Å². The van der Waals surface area contributed by atoms with Crippen molar-refractivity contribution in [1.29, 1.82) is 0 Å². The molecule has 1 saturated heterocycles. The van der Waals surface area contributed by atoms with Gasteiger partial charge in [0.1, 0.15) is 10.8 Å². The van der Waals surface area contributed by atoms with Crippen molar-refractivity contribution in [3.05, 3.63) is 36.0 Å². The van der Waals surface area contributed by atoms with E-state index in [2.05, 4.69) is 42.3 Å². The lowest BCUT2D eigenvalue weighted by molar-refractivity contribution is -0.111. The minimum Gasteiger partial charge on any atom is -0.494 e. The average Bonchev–Trinajstić information content (AvgIpc) is 3.13. The van der Waals surface area contributed by atoms with Crippen molar-refractivity contribution < 1.29 is 14.3 Å². The summed E-state index contributed by atoms with van der Waals surface area (Å²) >= 11 is 6.42. The predicted molar refractivity (Wildman–Crippen MR) is 141 cm³/mol. The maximum absolute atomic E-state index is 12.1. The molecule has 0 atom stereocenters. The van der Waals surface area contributed by atoms with E-state index in [1.807, 2.05) is 20.2 Å². The third-order valence-corrected chi connectivity index (χ3v) is 5.64. The van der Waals surface area contributed by atoms with Gasteiger partial charge in [-0.05, 0) is 45.6 Å². The molecular formula is C24H34ClN7O3. The van der Waals surface area contributed by atoms with Crippen LogP contribution in [-0.2, 0) is 9.53 Å². The molecule has 190 valence electrons. The quantitative estimate of drug-likeness (QED) is 0.313. The molecule has 3 rings (SSSR count). The van der Waals surface area contributed by atoms with Crippen LogP contribution in [0, 0.1) is 0 Å². The van der Waals surface area contributed by atoms with Crippen molar-refractivity contribution in [2.45, 2.75) is 12.8 Å². The van der Waals surface area contributed by atoms with Crippen molar-refractivity contribution in [1.82, 2.24) is 14.9 Å². The molecule has 10 nitrogen and oxygen atoms in total. The van der Waals surface area contributed by atoms with Crippen LogP contribution in [0.25, 0.3) is 0 Å². The highest BCUT2D eigenvalue weighted by Crippen LogP contribution is 2.37. The Kier molecular flexibility index (Phi) is 9.95. The normalized spacial score (nSPS) is 13.8. The lowest BCUT2D eigenvalue weighted by atomic mass is 10.2. The molecule has 0 spiro atoms. The van der Waals surface area contributed by atoms with Crippen molar-refractivity contribution in [2.75, 3.05) is 81.4 Å². The second kappa shape index (κ2) is 13.1. The third kappa shape index (κ3) is 7.71. The summed E-state index contributed by atoms with van der Waals surface area (Å²) < 4.78 is 11.2. The number of carbonyl (C=O) groups is 1. The molecule has 0 saturated carbocycles. The Balaban J connectivity index is 1.87. The smallest absolute Gasteiger partial charge is 0.247 e. The molecule has 1 aromatic carbocycles. The van der Waals surface area contributed by atoms with Gasteiger partial charge in [0.25, 0.3) is 0 Å². The first-order chi connectivity index (χ1) is 16.9. The molecule has 3 N–H and O–H groups in total. The second-order valence-electron chi connectivity index (χ2n) is 8.32.